The van der Waals surface area contributed by atoms with E-state index in [1.807, 2.05) is 18.3 Å². The van der Waals surface area contributed by atoms with Crippen LogP contribution in [0.5, 0.6) is 0 Å². The van der Waals surface area contributed by atoms with Crippen molar-refractivity contribution in [2.45, 2.75) is 44.4 Å². The maximum atomic E-state index is 8.80. The quantitative estimate of drug-likeness (QED) is 0.451. The first-order valence-electron chi connectivity index (χ1n) is 9.48. The number of nitriles is 1. The highest BCUT2D eigenvalue weighted by atomic mass is 35.5. The van der Waals surface area contributed by atoms with Crippen LogP contribution in [0.15, 0.2) is 29.3 Å². The van der Waals surface area contributed by atoms with Crippen molar-refractivity contribution in [3.8, 4) is 6.19 Å². The van der Waals surface area contributed by atoms with Gasteiger partial charge in [-0.1, -0.05) is 23.7 Å². The van der Waals surface area contributed by atoms with Crippen LogP contribution < -0.4 is 0 Å². The Kier molecular flexibility index (Phi) is 6.95. The van der Waals surface area contributed by atoms with E-state index in [9.17, 15) is 0 Å². The number of benzene rings is 1. The highest BCUT2D eigenvalue weighted by molar-refractivity contribution is 6.30. The van der Waals surface area contributed by atoms with Crippen molar-refractivity contribution in [1.82, 2.24) is 9.80 Å². The van der Waals surface area contributed by atoms with Gasteiger partial charge in [0.15, 0.2) is 0 Å². The molecular weight excluding hydrogens is 364 g/mol. The Balaban J connectivity index is 1.64. The van der Waals surface area contributed by atoms with Crippen molar-refractivity contribution in [1.29, 1.82) is 5.26 Å². The first kappa shape index (κ1) is 19.9. The fourth-order valence-electron chi connectivity index (χ4n) is 4.06. The van der Waals surface area contributed by atoms with Crippen molar-refractivity contribution in [3.63, 3.8) is 0 Å². The van der Waals surface area contributed by atoms with Gasteiger partial charge in [-0.05, 0) is 43.9 Å². The zero-order chi connectivity index (χ0) is 19.2. The predicted octanol–water partition coefficient (Wildman–Crippen LogP) is 2.92. The van der Waals surface area contributed by atoms with Gasteiger partial charge in [0.1, 0.15) is 0 Å². The third-order valence-electron chi connectivity index (χ3n) is 5.43. The zero-order valence-corrected chi connectivity index (χ0v) is 16.7. The fourth-order valence-corrected chi connectivity index (χ4v) is 4.19. The molecule has 0 bridgehead atoms. The second kappa shape index (κ2) is 9.41. The SMILES string of the molecule is CO/C(=N\C#N)N1CCC(N2C[C@H](C)OC[C@@H]2Cc2ccc(Cl)cc2)CC1. The zero-order valence-electron chi connectivity index (χ0n) is 16.0. The van der Waals surface area contributed by atoms with Gasteiger partial charge in [-0.25, -0.2) is 0 Å². The summed E-state index contributed by atoms with van der Waals surface area (Å²) in [4.78, 5) is 8.45. The average Bonchev–Trinajstić information content (AvgIpc) is 2.69. The van der Waals surface area contributed by atoms with E-state index in [4.69, 9.17) is 26.3 Å². The van der Waals surface area contributed by atoms with Gasteiger partial charge in [-0.15, -0.1) is 4.99 Å². The molecule has 1 aromatic carbocycles. The molecule has 0 radical (unpaired) electrons. The topological polar surface area (TPSA) is 61.1 Å². The largest absolute Gasteiger partial charge is 0.468 e. The van der Waals surface area contributed by atoms with Gasteiger partial charge in [-0.3, -0.25) is 4.90 Å². The number of methoxy groups -OCH3 is 1. The molecule has 0 N–H and O–H groups in total. The summed E-state index contributed by atoms with van der Waals surface area (Å²) in [5, 5.41) is 9.57. The van der Waals surface area contributed by atoms with Gasteiger partial charge in [0.25, 0.3) is 0 Å². The molecule has 6 nitrogen and oxygen atoms in total. The van der Waals surface area contributed by atoms with E-state index in [-0.39, 0.29) is 6.10 Å². The van der Waals surface area contributed by atoms with Gasteiger partial charge in [0.2, 0.25) is 6.19 Å². The van der Waals surface area contributed by atoms with E-state index in [1.54, 1.807) is 7.11 Å². The molecule has 27 heavy (non-hydrogen) atoms. The Hall–Kier alpha value is -1.81. The highest BCUT2D eigenvalue weighted by Crippen LogP contribution is 2.25. The smallest absolute Gasteiger partial charge is 0.302 e. The van der Waals surface area contributed by atoms with Crippen molar-refractivity contribution >= 4 is 17.6 Å². The number of nitrogens with zero attached hydrogens (tertiary/aromatic N) is 4. The minimum absolute atomic E-state index is 0.249. The molecule has 0 unspecified atom stereocenters. The van der Waals surface area contributed by atoms with Crippen LogP contribution in [-0.4, -0.2) is 67.4 Å². The number of hydrogen-bond donors (Lipinski definition) is 0. The molecule has 2 fully saturated rings. The van der Waals surface area contributed by atoms with Crippen molar-refractivity contribution < 1.29 is 9.47 Å². The summed E-state index contributed by atoms with van der Waals surface area (Å²) in [5.74, 6) is 0. The predicted molar refractivity (Wildman–Crippen MR) is 106 cm³/mol. The standard InChI is InChI=1S/C20H27ClN4O2/c1-15-12-25(18-7-9-24(10-8-18)20(26-2)23-14-22)19(13-27-15)11-16-3-5-17(21)6-4-16/h3-6,15,18-19H,7-13H2,1-2H3/b23-20-/t15-,19-/m0/s1. The first-order valence-corrected chi connectivity index (χ1v) is 9.86. The van der Waals surface area contributed by atoms with Crippen LogP contribution in [0.4, 0.5) is 0 Å². The van der Waals surface area contributed by atoms with E-state index < -0.39 is 0 Å². The minimum Gasteiger partial charge on any atom is -0.468 e. The Bertz CT molecular complexity index is 680. The monoisotopic (exact) mass is 390 g/mol. The molecule has 0 aromatic heterocycles. The van der Waals surface area contributed by atoms with E-state index >= 15 is 0 Å². The number of ether oxygens (including phenoxy) is 2. The van der Waals surface area contributed by atoms with E-state index in [0.29, 0.717) is 18.1 Å². The second-order valence-electron chi connectivity index (χ2n) is 7.24. The summed E-state index contributed by atoms with van der Waals surface area (Å²) in [5.41, 5.74) is 1.29. The van der Waals surface area contributed by atoms with Gasteiger partial charge >= 0.3 is 6.02 Å². The minimum atomic E-state index is 0.249. The van der Waals surface area contributed by atoms with Crippen LogP contribution in [-0.2, 0) is 15.9 Å². The molecule has 2 atom stereocenters. The maximum Gasteiger partial charge on any atom is 0.302 e. The molecule has 2 aliphatic heterocycles. The molecule has 0 aliphatic carbocycles. The van der Waals surface area contributed by atoms with E-state index in [0.717, 1.165) is 50.5 Å². The van der Waals surface area contributed by atoms with E-state index in [1.165, 1.54) is 5.56 Å². The molecule has 1 aromatic rings. The summed E-state index contributed by atoms with van der Waals surface area (Å²) >= 11 is 6.02. The Labute approximate surface area is 166 Å². The lowest BCUT2D eigenvalue weighted by molar-refractivity contribution is -0.0781. The van der Waals surface area contributed by atoms with Gasteiger partial charge in [0.05, 0.1) is 19.8 Å². The number of aliphatic imine (C=N–C) groups is 1. The lowest BCUT2D eigenvalue weighted by atomic mass is 9.96. The second-order valence-corrected chi connectivity index (χ2v) is 7.68. The van der Waals surface area contributed by atoms with Crippen LogP contribution in [0.1, 0.15) is 25.3 Å². The number of amidine groups is 1. The lowest BCUT2D eigenvalue weighted by Crippen LogP contribution is -2.57. The Morgan fingerprint density at radius 1 is 1.33 bits per heavy atom. The van der Waals surface area contributed by atoms with Crippen LogP contribution >= 0.6 is 11.6 Å². The van der Waals surface area contributed by atoms with Gasteiger partial charge in [-0.2, -0.15) is 5.26 Å². The van der Waals surface area contributed by atoms with Crippen molar-refractivity contribution in [2.75, 3.05) is 33.4 Å². The van der Waals surface area contributed by atoms with Crippen LogP contribution in [0, 0.1) is 11.5 Å². The number of morpholine rings is 1. The van der Waals surface area contributed by atoms with Crippen LogP contribution in [0.3, 0.4) is 0 Å². The van der Waals surface area contributed by atoms with Crippen molar-refractivity contribution in [2.24, 2.45) is 4.99 Å². The summed E-state index contributed by atoms with van der Waals surface area (Å²) < 4.78 is 11.2. The molecule has 146 valence electrons. The normalized spacial score (nSPS) is 25.3. The molecule has 2 saturated heterocycles. The lowest BCUT2D eigenvalue weighted by Gasteiger charge is -2.46. The Morgan fingerprint density at radius 3 is 2.67 bits per heavy atom. The summed E-state index contributed by atoms with van der Waals surface area (Å²) in [6, 6.07) is 9.40. The van der Waals surface area contributed by atoms with Gasteiger partial charge in [0, 0.05) is 36.7 Å². The third kappa shape index (κ3) is 5.13. The van der Waals surface area contributed by atoms with Crippen LogP contribution in [0.2, 0.25) is 5.02 Å². The highest BCUT2D eigenvalue weighted by Gasteiger charge is 2.34. The van der Waals surface area contributed by atoms with Crippen LogP contribution in [0.25, 0.3) is 0 Å². The van der Waals surface area contributed by atoms with E-state index in [2.05, 4.69) is 33.8 Å². The summed E-state index contributed by atoms with van der Waals surface area (Å²) in [6.45, 7) is 5.54. The fraction of sp³-hybridized carbons (Fsp3) is 0.600. The summed E-state index contributed by atoms with van der Waals surface area (Å²) in [7, 11) is 1.56. The molecule has 3 rings (SSSR count). The van der Waals surface area contributed by atoms with Gasteiger partial charge < -0.3 is 14.4 Å². The molecule has 0 saturated carbocycles. The number of piperidine rings is 1. The third-order valence-corrected chi connectivity index (χ3v) is 5.68. The Morgan fingerprint density at radius 2 is 2.04 bits per heavy atom. The molecule has 0 amide bonds. The number of hydrogen-bond acceptors (Lipinski definition) is 5. The number of likely N-dealkylation sites (tertiary alicyclic amines) is 1. The molecule has 0 spiro atoms. The molecular formula is C20H27ClN4O2. The first-order chi connectivity index (χ1) is 13.1. The van der Waals surface area contributed by atoms with Crippen molar-refractivity contribution in [3.05, 3.63) is 34.9 Å². The molecule has 2 heterocycles. The average molecular weight is 391 g/mol. The number of rotatable bonds is 3. The molecule has 7 heteroatoms. The summed E-state index contributed by atoms with van der Waals surface area (Å²) in [6.07, 6.45) is 5.08. The molecule has 2 aliphatic rings. The number of halogens is 1. The maximum absolute atomic E-state index is 8.80.